The van der Waals surface area contributed by atoms with E-state index in [0.29, 0.717) is 32.6 Å². The van der Waals surface area contributed by atoms with Crippen molar-refractivity contribution < 1.29 is 18.1 Å². The molecule has 1 fully saturated rings. The lowest BCUT2D eigenvalue weighted by atomic mass is 9.78. The van der Waals surface area contributed by atoms with E-state index in [1.165, 1.54) is 18.5 Å². The zero-order valence-electron chi connectivity index (χ0n) is 30.5. The van der Waals surface area contributed by atoms with Gasteiger partial charge in [0.2, 0.25) is 0 Å². The lowest BCUT2D eigenvalue weighted by molar-refractivity contribution is 0.00578. The fourth-order valence-corrected chi connectivity index (χ4v) is 7.97. The summed E-state index contributed by atoms with van der Waals surface area (Å²) in [6.07, 6.45) is 5.02. The van der Waals surface area contributed by atoms with E-state index in [0.717, 1.165) is 54.0 Å². The standard InChI is InChI=1S/C22H14ClFN4S.C20H20BClFNO2/c1-12-21(28-22(29-12)15-9-25-11-26-10-15)13-5-6-18-14(7-13)8-19(27-18)20-16(23)3-2-4-17(20)24;1-19(2)20(3,4)26-21(25-19)13-8-9-16-12(10-13)11-17(24-16)18-14(22)6-5-7-15(18)23/h2-11,27H,1H3;5-11,24H,1-4H3. The van der Waals surface area contributed by atoms with Gasteiger partial charge in [-0.15, -0.1) is 11.3 Å². The summed E-state index contributed by atoms with van der Waals surface area (Å²) in [4.78, 5) is 20.5. The number of rotatable bonds is 5. The largest absolute Gasteiger partial charge is 0.494 e. The third-order valence-corrected chi connectivity index (χ3v) is 11.8. The maximum Gasteiger partial charge on any atom is 0.494 e. The number of thiazole rings is 1. The molecule has 8 aromatic rings. The fourth-order valence-electron chi connectivity index (χ4n) is 6.53. The molecule has 0 unspecified atom stereocenters. The molecule has 1 saturated heterocycles. The van der Waals surface area contributed by atoms with Crippen molar-refractivity contribution in [3.05, 3.63) is 130 Å². The fraction of sp³-hybridized carbons (Fsp3) is 0.167. The van der Waals surface area contributed by atoms with Gasteiger partial charge in [-0.3, -0.25) is 0 Å². The second-order valence-corrected chi connectivity index (χ2v) is 16.4. The van der Waals surface area contributed by atoms with Crippen molar-refractivity contribution in [2.75, 3.05) is 0 Å². The lowest BCUT2D eigenvalue weighted by Crippen LogP contribution is -2.41. The minimum Gasteiger partial charge on any atom is -0.399 e. The number of halogens is 4. The van der Waals surface area contributed by atoms with E-state index in [4.69, 9.17) is 37.5 Å². The van der Waals surface area contributed by atoms with Crippen molar-refractivity contribution in [3.8, 4) is 44.3 Å². The van der Waals surface area contributed by atoms with Crippen LogP contribution < -0.4 is 5.46 Å². The van der Waals surface area contributed by atoms with E-state index >= 15 is 0 Å². The molecule has 0 saturated carbocycles. The summed E-state index contributed by atoms with van der Waals surface area (Å²) < 4.78 is 40.7. The zero-order valence-corrected chi connectivity index (χ0v) is 32.8. The van der Waals surface area contributed by atoms with Crippen LogP contribution in [0.3, 0.4) is 0 Å². The van der Waals surface area contributed by atoms with Gasteiger partial charge in [0, 0.05) is 44.8 Å². The Balaban J connectivity index is 0.000000156. The number of hydrogen-bond acceptors (Lipinski definition) is 6. The van der Waals surface area contributed by atoms with E-state index in [2.05, 4.69) is 26.0 Å². The normalized spacial score (nSPS) is 14.7. The van der Waals surface area contributed by atoms with Crippen LogP contribution in [0.1, 0.15) is 32.6 Å². The first-order valence-electron chi connectivity index (χ1n) is 17.5. The first-order valence-corrected chi connectivity index (χ1v) is 19.1. The van der Waals surface area contributed by atoms with Crippen LogP contribution in [-0.4, -0.2) is 43.2 Å². The topological polar surface area (TPSA) is 88.7 Å². The number of nitrogens with one attached hydrogen (secondary N) is 2. The van der Waals surface area contributed by atoms with E-state index < -0.39 is 18.3 Å². The van der Waals surface area contributed by atoms with Gasteiger partial charge in [-0.25, -0.2) is 23.7 Å². The second kappa shape index (κ2) is 14.3. The van der Waals surface area contributed by atoms with Gasteiger partial charge in [0.05, 0.1) is 49.5 Å². The molecule has 0 bridgehead atoms. The van der Waals surface area contributed by atoms with Crippen molar-refractivity contribution in [1.82, 2.24) is 24.9 Å². The van der Waals surface area contributed by atoms with E-state index in [1.807, 2.05) is 77.1 Å². The second-order valence-electron chi connectivity index (χ2n) is 14.3. The van der Waals surface area contributed by atoms with Crippen LogP contribution in [0, 0.1) is 18.6 Å². The van der Waals surface area contributed by atoms with E-state index in [1.54, 1.807) is 48.0 Å². The maximum absolute atomic E-state index is 14.3. The molecule has 5 heterocycles. The van der Waals surface area contributed by atoms with Crippen molar-refractivity contribution in [1.29, 1.82) is 0 Å². The average Bonchev–Trinajstić information content (AvgIpc) is 3.91. The number of H-pyrrole nitrogens is 2. The monoisotopic (exact) mass is 791 g/mol. The molecule has 0 atom stereocenters. The maximum atomic E-state index is 14.3. The van der Waals surface area contributed by atoms with Crippen LogP contribution in [0.25, 0.3) is 66.1 Å². The van der Waals surface area contributed by atoms with Gasteiger partial charge in [-0.1, -0.05) is 53.5 Å². The Morgan fingerprint density at radius 3 is 1.80 bits per heavy atom. The number of aromatic amines is 2. The molecule has 0 spiro atoms. The quantitative estimate of drug-likeness (QED) is 0.169. The van der Waals surface area contributed by atoms with Crippen molar-refractivity contribution >= 4 is 68.9 Å². The molecular formula is C42H34BCl2F2N5O2S. The van der Waals surface area contributed by atoms with Crippen molar-refractivity contribution in [2.24, 2.45) is 0 Å². The summed E-state index contributed by atoms with van der Waals surface area (Å²) in [7, 11) is -0.431. The number of nitrogens with zero attached hydrogens (tertiary/aromatic N) is 3. The molecule has 2 N–H and O–H groups in total. The summed E-state index contributed by atoms with van der Waals surface area (Å²) in [6, 6.07) is 25.2. The van der Waals surface area contributed by atoms with Crippen LogP contribution in [-0.2, 0) is 9.31 Å². The van der Waals surface area contributed by atoms with E-state index in [9.17, 15) is 8.78 Å². The molecular weight excluding hydrogens is 758 g/mol. The Morgan fingerprint density at radius 2 is 1.24 bits per heavy atom. The summed E-state index contributed by atoms with van der Waals surface area (Å²) >= 11 is 14.0. The van der Waals surface area contributed by atoms with Crippen LogP contribution in [0.15, 0.2) is 104 Å². The highest BCUT2D eigenvalue weighted by atomic mass is 35.5. The summed E-state index contributed by atoms with van der Waals surface area (Å²) in [5, 5.41) is 3.55. The zero-order chi connectivity index (χ0) is 38.6. The van der Waals surface area contributed by atoms with Gasteiger partial charge in [0.25, 0.3) is 0 Å². The van der Waals surface area contributed by atoms with Crippen LogP contribution in [0.4, 0.5) is 8.78 Å². The lowest BCUT2D eigenvalue weighted by Gasteiger charge is -2.32. The van der Waals surface area contributed by atoms with Gasteiger partial charge >= 0.3 is 7.12 Å². The molecule has 0 aliphatic carbocycles. The van der Waals surface area contributed by atoms with Crippen molar-refractivity contribution in [3.63, 3.8) is 0 Å². The Labute approximate surface area is 330 Å². The Kier molecular flexibility index (Phi) is 9.63. The smallest absolute Gasteiger partial charge is 0.399 e. The van der Waals surface area contributed by atoms with Crippen LogP contribution in [0.2, 0.25) is 10.0 Å². The molecule has 7 nitrogen and oxygen atoms in total. The van der Waals surface area contributed by atoms with Gasteiger partial charge in [-0.05, 0) is 100 Å². The average molecular weight is 793 g/mol. The SMILES string of the molecule is CC1(C)OB(c2ccc3[nH]c(-c4c(F)cccc4Cl)cc3c2)OC1(C)C.Cc1sc(-c2cncnc2)nc1-c1ccc2[nH]c(-c3c(F)cccc3Cl)cc2c1. The third kappa shape index (κ3) is 7.07. The molecule has 55 heavy (non-hydrogen) atoms. The first kappa shape index (κ1) is 37.0. The molecule has 0 radical (unpaired) electrons. The molecule has 4 aromatic carbocycles. The van der Waals surface area contributed by atoms with Crippen LogP contribution in [0.5, 0.6) is 0 Å². The predicted molar refractivity (Wildman–Crippen MR) is 220 cm³/mol. The molecule has 13 heteroatoms. The highest BCUT2D eigenvalue weighted by Gasteiger charge is 2.51. The molecule has 0 amide bonds. The number of hydrogen-bond donors (Lipinski definition) is 2. The molecule has 1 aliphatic heterocycles. The van der Waals surface area contributed by atoms with Gasteiger partial charge in [0.15, 0.2) is 0 Å². The number of aromatic nitrogens is 5. The summed E-state index contributed by atoms with van der Waals surface area (Å²) in [6.45, 7) is 10.2. The Morgan fingerprint density at radius 1 is 0.691 bits per heavy atom. The van der Waals surface area contributed by atoms with Gasteiger partial charge in [-0.2, -0.15) is 0 Å². The van der Waals surface area contributed by atoms with Crippen LogP contribution >= 0.6 is 34.5 Å². The number of benzene rings is 4. The van der Waals surface area contributed by atoms with Gasteiger partial charge in [0.1, 0.15) is 23.0 Å². The predicted octanol–water partition coefficient (Wildman–Crippen LogP) is 11.4. The molecule has 1 aliphatic rings. The third-order valence-electron chi connectivity index (χ3n) is 10.1. The number of aryl methyl sites for hydroxylation is 1. The number of fused-ring (bicyclic) bond motifs is 2. The van der Waals surface area contributed by atoms with Crippen molar-refractivity contribution in [2.45, 2.75) is 45.8 Å². The Hall–Kier alpha value is -4.91. The summed E-state index contributed by atoms with van der Waals surface area (Å²) in [5.41, 5.74) is 6.83. The first-order chi connectivity index (χ1) is 26.3. The minimum atomic E-state index is -0.431. The van der Waals surface area contributed by atoms with Gasteiger partial charge < -0.3 is 19.3 Å². The molecule has 4 aromatic heterocycles. The molecule has 276 valence electrons. The van der Waals surface area contributed by atoms with E-state index in [-0.39, 0.29) is 11.6 Å². The minimum absolute atomic E-state index is 0.352. The highest BCUT2D eigenvalue weighted by molar-refractivity contribution is 7.15. The Bertz CT molecular complexity index is 2660. The summed E-state index contributed by atoms with van der Waals surface area (Å²) in [5.74, 6) is -0.704. The highest BCUT2D eigenvalue weighted by Crippen LogP contribution is 2.39. The molecule has 9 rings (SSSR count).